The summed E-state index contributed by atoms with van der Waals surface area (Å²) in [4.78, 5) is 0. The predicted molar refractivity (Wildman–Crippen MR) is 63.2 cm³/mol. The molecule has 1 aromatic heterocycles. The minimum absolute atomic E-state index is 0.434. The van der Waals surface area contributed by atoms with Gasteiger partial charge in [0.1, 0.15) is 0 Å². The Bertz CT molecular complexity index is 554. The summed E-state index contributed by atoms with van der Waals surface area (Å²) in [6.07, 6.45) is 2.52. The molecule has 0 aliphatic heterocycles. The fourth-order valence-electron chi connectivity index (χ4n) is 1.56. The van der Waals surface area contributed by atoms with Gasteiger partial charge in [-0.1, -0.05) is 16.4 Å². The predicted octanol–water partition coefficient (Wildman–Crippen LogP) is 1.90. The lowest BCUT2D eigenvalue weighted by atomic mass is 10.3. The first-order valence-electron chi connectivity index (χ1n) is 5.20. The van der Waals surface area contributed by atoms with Gasteiger partial charge in [0.2, 0.25) is 4.77 Å². The van der Waals surface area contributed by atoms with E-state index in [1.54, 1.807) is 4.68 Å². The van der Waals surface area contributed by atoms with Crippen molar-refractivity contribution in [1.29, 1.82) is 0 Å². The van der Waals surface area contributed by atoms with E-state index in [-0.39, 0.29) is 0 Å². The summed E-state index contributed by atoms with van der Waals surface area (Å²) in [5.41, 5.74) is 2.05. The highest BCUT2D eigenvalue weighted by molar-refractivity contribution is 7.71. The number of hydrogen-bond acceptors (Lipinski definition) is 4. The topological polar surface area (TPSA) is 58.5 Å². The maximum Gasteiger partial charge on any atom is 0.242 e. The Balaban J connectivity index is 1.95. The van der Waals surface area contributed by atoms with Gasteiger partial charge in [0.15, 0.2) is 0 Å². The maximum atomic E-state index is 5.05. The summed E-state index contributed by atoms with van der Waals surface area (Å²) in [7, 11) is 0. The van der Waals surface area contributed by atoms with E-state index in [9.17, 15) is 0 Å². The molecule has 0 radical (unpaired) electrons. The lowest BCUT2D eigenvalue weighted by molar-refractivity contribution is 0.786. The summed E-state index contributed by atoms with van der Waals surface area (Å²) in [6.45, 7) is 0. The van der Waals surface area contributed by atoms with Crippen molar-refractivity contribution in [3.63, 3.8) is 0 Å². The van der Waals surface area contributed by atoms with Crippen LogP contribution in [0.15, 0.2) is 24.3 Å². The first kappa shape index (κ1) is 9.53. The van der Waals surface area contributed by atoms with Gasteiger partial charge in [-0.05, 0) is 43.3 Å². The average molecular weight is 233 g/mol. The molecule has 1 aliphatic rings. The van der Waals surface area contributed by atoms with Crippen molar-refractivity contribution in [2.45, 2.75) is 18.9 Å². The third kappa shape index (κ3) is 1.83. The number of tetrazole rings is 1. The monoisotopic (exact) mass is 233 g/mol. The molecule has 3 rings (SSSR count). The fourth-order valence-corrected chi connectivity index (χ4v) is 1.75. The largest absolute Gasteiger partial charge is 0.382 e. The van der Waals surface area contributed by atoms with E-state index in [1.165, 1.54) is 12.8 Å². The SMILES string of the molecule is S=c1nn[nH]n1-c1cccc(NC2CC2)c1. The molecule has 0 unspecified atom stereocenters. The summed E-state index contributed by atoms with van der Waals surface area (Å²) in [6, 6.07) is 8.68. The van der Waals surface area contributed by atoms with Gasteiger partial charge < -0.3 is 5.32 Å². The number of anilines is 1. The number of aromatic amines is 1. The third-order valence-corrected chi connectivity index (χ3v) is 2.79. The molecule has 2 aromatic rings. The van der Waals surface area contributed by atoms with Crippen molar-refractivity contribution in [1.82, 2.24) is 20.2 Å². The van der Waals surface area contributed by atoms with E-state index >= 15 is 0 Å². The standard InChI is InChI=1S/C10H11N5S/c16-10-12-13-14-15(10)9-3-1-2-8(6-9)11-7-4-5-7/h1-3,6-7,11H,4-5H2,(H,12,14,16). The van der Waals surface area contributed by atoms with Crippen LogP contribution in [0.25, 0.3) is 5.69 Å². The van der Waals surface area contributed by atoms with E-state index in [1.807, 2.05) is 18.2 Å². The number of H-pyrrole nitrogens is 1. The van der Waals surface area contributed by atoms with Gasteiger partial charge in [-0.25, -0.2) is 4.68 Å². The Morgan fingerprint density at radius 3 is 3.00 bits per heavy atom. The van der Waals surface area contributed by atoms with Gasteiger partial charge >= 0.3 is 0 Å². The molecular formula is C10H11N5S. The third-order valence-electron chi connectivity index (χ3n) is 2.52. The molecule has 1 aliphatic carbocycles. The number of nitrogens with zero attached hydrogens (tertiary/aromatic N) is 3. The normalized spacial score (nSPS) is 15.0. The molecule has 82 valence electrons. The van der Waals surface area contributed by atoms with Gasteiger partial charge in [-0.15, -0.1) is 0 Å². The Hall–Kier alpha value is -1.69. The molecule has 5 nitrogen and oxygen atoms in total. The average Bonchev–Trinajstić information content (AvgIpc) is 2.99. The number of benzene rings is 1. The van der Waals surface area contributed by atoms with Crippen LogP contribution in [0, 0.1) is 4.77 Å². The van der Waals surface area contributed by atoms with Crippen LogP contribution in [0.2, 0.25) is 0 Å². The van der Waals surface area contributed by atoms with Gasteiger partial charge in [0, 0.05) is 11.7 Å². The molecule has 0 atom stereocenters. The molecule has 6 heteroatoms. The number of aromatic nitrogens is 4. The van der Waals surface area contributed by atoms with Gasteiger partial charge in [-0.3, -0.25) is 0 Å². The zero-order valence-electron chi connectivity index (χ0n) is 8.55. The Labute approximate surface area is 97.5 Å². The highest BCUT2D eigenvalue weighted by Gasteiger charge is 2.20. The fraction of sp³-hybridized carbons (Fsp3) is 0.300. The highest BCUT2D eigenvalue weighted by atomic mass is 32.1. The number of hydrogen-bond donors (Lipinski definition) is 2. The Kier molecular flexibility index (Phi) is 2.21. The summed E-state index contributed by atoms with van der Waals surface area (Å²) < 4.78 is 2.11. The molecule has 0 spiro atoms. The molecule has 1 fully saturated rings. The smallest absolute Gasteiger partial charge is 0.242 e. The first-order valence-corrected chi connectivity index (χ1v) is 5.61. The quantitative estimate of drug-likeness (QED) is 0.795. The van der Waals surface area contributed by atoms with Crippen LogP contribution >= 0.6 is 12.2 Å². The van der Waals surface area contributed by atoms with E-state index < -0.39 is 0 Å². The maximum absolute atomic E-state index is 5.05. The second-order valence-corrected chi connectivity index (χ2v) is 4.25. The van der Waals surface area contributed by atoms with Gasteiger partial charge in [0.25, 0.3) is 0 Å². The molecule has 0 amide bonds. The zero-order chi connectivity index (χ0) is 11.0. The van der Waals surface area contributed by atoms with E-state index in [4.69, 9.17) is 12.2 Å². The van der Waals surface area contributed by atoms with Crippen molar-refractivity contribution < 1.29 is 0 Å². The highest BCUT2D eigenvalue weighted by Crippen LogP contribution is 2.25. The molecule has 1 aromatic carbocycles. The molecule has 1 saturated carbocycles. The van der Waals surface area contributed by atoms with Crippen molar-refractivity contribution in [3.8, 4) is 5.69 Å². The molecular weight excluding hydrogens is 222 g/mol. The number of nitrogens with one attached hydrogen (secondary N) is 2. The Morgan fingerprint density at radius 2 is 2.31 bits per heavy atom. The summed E-state index contributed by atoms with van der Waals surface area (Å²) in [5, 5.41) is 13.6. The second kappa shape index (κ2) is 3.71. The minimum Gasteiger partial charge on any atom is -0.382 e. The van der Waals surface area contributed by atoms with Crippen molar-refractivity contribution >= 4 is 17.9 Å². The molecule has 1 heterocycles. The van der Waals surface area contributed by atoms with Gasteiger partial charge in [0.05, 0.1) is 5.69 Å². The van der Waals surface area contributed by atoms with Crippen LogP contribution in [0.5, 0.6) is 0 Å². The van der Waals surface area contributed by atoms with Crippen LogP contribution in [-0.2, 0) is 0 Å². The van der Waals surface area contributed by atoms with Crippen molar-refractivity contribution in [2.24, 2.45) is 0 Å². The van der Waals surface area contributed by atoms with Crippen LogP contribution in [0.3, 0.4) is 0 Å². The zero-order valence-corrected chi connectivity index (χ0v) is 9.37. The number of rotatable bonds is 3. The van der Waals surface area contributed by atoms with Crippen molar-refractivity contribution in [2.75, 3.05) is 5.32 Å². The van der Waals surface area contributed by atoms with Crippen LogP contribution in [0.4, 0.5) is 5.69 Å². The van der Waals surface area contributed by atoms with E-state index in [2.05, 4.69) is 26.9 Å². The minimum atomic E-state index is 0.434. The molecule has 0 saturated heterocycles. The lowest BCUT2D eigenvalue weighted by Gasteiger charge is -2.06. The van der Waals surface area contributed by atoms with Crippen LogP contribution in [-0.4, -0.2) is 26.2 Å². The first-order chi connectivity index (χ1) is 7.83. The van der Waals surface area contributed by atoms with Crippen LogP contribution < -0.4 is 5.32 Å². The molecule has 0 bridgehead atoms. The van der Waals surface area contributed by atoms with E-state index in [0.717, 1.165) is 11.4 Å². The van der Waals surface area contributed by atoms with Crippen molar-refractivity contribution in [3.05, 3.63) is 29.0 Å². The van der Waals surface area contributed by atoms with Crippen LogP contribution in [0.1, 0.15) is 12.8 Å². The second-order valence-electron chi connectivity index (χ2n) is 3.89. The Morgan fingerprint density at radius 1 is 1.44 bits per heavy atom. The molecule has 2 N–H and O–H groups in total. The lowest BCUT2D eigenvalue weighted by Crippen LogP contribution is -2.02. The summed E-state index contributed by atoms with van der Waals surface area (Å²) in [5.74, 6) is 0. The van der Waals surface area contributed by atoms with Gasteiger partial charge in [-0.2, -0.15) is 5.21 Å². The van der Waals surface area contributed by atoms with E-state index in [0.29, 0.717) is 10.8 Å². The molecule has 16 heavy (non-hydrogen) atoms. The summed E-state index contributed by atoms with van der Waals surface area (Å²) >= 11 is 5.05.